The summed E-state index contributed by atoms with van der Waals surface area (Å²) in [5.74, 6) is 0. The molecule has 0 aliphatic carbocycles. The molecule has 0 amide bonds. The first-order valence-corrected chi connectivity index (χ1v) is 8.82. The summed E-state index contributed by atoms with van der Waals surface area (Å²) in [6, 6.07) is 15.8. The molecule has 26 heavy (non-hydrogen) atoms. The van der Waals surface area contributed by atoms with Crippen LogP contribution in [-0.2, 0) is 0 Å². The van der Waals surface area contributed by atoms with E-state index in [1.165, 1.54) is 0 Å². The SMILES string of the molecule is ClC1=C(Cl)c2cc3ccc(cc4ccc(cc5nc(cc1n2)C=C5)[nH]4)[nH]3. The average molecular weight is 379 g/mol. The van der Waals surface area contributed by atoms with E-state index in [-0.39, 0.29) is 0 Å². The van der Waals surface area contributed by atoms with Crippen molar-refractivity contribution in [2.45, 2.75) is 0 Å². The zero-order chi connectivity index (χ0) is 17.7. The van der Waals surface area contributed by atoms with Gasteiger partial charge in [-0.15, -0.1) is 0 Å². The topological polar surface area (TPSA) is 57.4 Å². The average Bonchev–Trinajstić information content (AvgIpc) is 3.38. The predicted molar refractivity (Wildman–Crippen MR) is 108 cm³/mol. The van der Waals surface area contributed by atoms with Crippen molar-refractivity contribution in [3.63, 3.8) is 0 Å². The van der Waals surface area contributed by atoms with Crippen molar-refractivity contribution >= 4 is 67.5 Å². The van der Waals surface area contributed by atoms with Gasteiger partial charge < -0.3 is 9.97 Å². The molecule has 0 atom stereocenters. The van der Waals surface area contributed by atoms with Gasteiger partial charge in [-0.2, -0.15) is 0 Å². The lowest BCUT2D eigenvalue weighted by atomic mass is 10.3. The molecule has 0 aromatic carbocycles. The monoisotopic (exact) mass is 378 g/mol. The first kappa shape index (κ1) is 15.4. The molecular weight excluding hydrogens is 367 g/mol. The van der Waals surface area contributed by atoms with Gasteiger partial charge in [-0.05, 0) is 60.7 Å². The van der Waals surface area contributed by atoms with Crippen molar-refractivity contribution in [2.24, 2.45) is 0 Å². The summed E-state index contributed by atoms with van der Waals surface area (Å²) in [5, 5.41) is 0.872. The number of hydrogen-bond donors (Lipinski definition) is 2. The van der Waals surface area contributed by atoms with Crippen molar-refractivity contribution < 1.29 is 0 Å². The van der Waals surface area contributed by atoms with Crippen LogP contribution in [0.4, 0.5) is 0 Å². The van der Waals surface area contributed by atoms with Crippen LogP contribution in [0.2, 0.25) is 0 Å². The minimum Gasteiger partial charge on any atom is -0.355 e. The Balaban J connectivity index is 1.88. The molecule has 0 saturated carbocycles. The lowest BCUT2D eigenvalue weighted by molar-refractivity contribution is 1.27. The van der Waals surface area contributed by atoms with Crippen molar-refractivity contribution in [2.75, 3.05) is 0 Å². The van der Waals surface area contributed by atoms with E-state index in [1.54, 1.807) is 0 Å². The van der Waals surface area contributed by atoms with E-state index >= 15 is 0 Å². The number of aromatic nitrogens is 4. The highest BCUT2D eigenvalue weighted by atomic mass is 35.5. The molecule has 2 aliphatic heterocycles. The standard InChI is InChI=1S/C20H12Cl2N4/c21-19-17-9-15-5-3-13(24-15)7-11-1-2-12(23-11)8-14-4-6-16(25-14)10-18(26-17)20(19)22/h1-10,23-24H. The first-order chi connectivity index (χ1) is 12.6. The molecule has 0 fully saturated rings. The maximum atomic E-state index is 6.37. The maximum absolute atomic E-state index is 6.37. The van der Waals surface area contributed by atoms with Crippen LogP contribution in [0.5, 0.6) is 0 Å². The van der Waals surface area contributed by atoms with E-state index in [1.807, 2.05) is 60.7 Å². The summed E-state index contributed by atoms with van der Waals surface area (Å²) in [6.07, 6.45) is 3.88. The molecule has 8 bridgehead atoms. The lowest BCUT2D eigenvalue weighted by Crippen LogP contribution is -1.79. The summed E-state index contributed by atoms with van der Waals surface area (Å²) in [5.41, 5.74) is 6.75. The van der Waals surface area contributed by atoms with Gasteiger partial charge in [0.05, 0.1) is 32.8 Å². The van der Waals surface area contributed by atoms with Gasteiger partial charge in [0.25, 0.3) is 0 Å². The number of aromatic amines is 2. The second kappa shape index (κ2) is 5.87. The molecule has 0 unspecified atom stereocenters. The normalized spacial score (nSPS) is 13.5. The number of nitrogens with zero attached hydrogens (tertiary/aromatic N) is 2. The molecule has 4 nitrogen and oxygen atoms in total. The Labute approximate surface area is 158 Å². The Morgan fingerprint density at radius 3 is 1.73 bits per heavy atom. The van der Waals surface area contributed by atoms with Gasteiger partial charge >= 0.3 is 0 Å². The molecule has 5 rings (SSSR count). The van der Waals surface area contributed by atoms with Gasteiger partial charge in [0.15, 0.2) is 0 Å². The Hall–Kier alpha value is -2.82. The Morgan fingerprint density at radius 1 is 0.577 bits per heavy atom. The third-order valence-electron chi connectivity index (χ3n) is 4.22. The largest absolute Gasteiger partial charge is 0.355 e. The van der Waals surface area contributed by atoms with Crippen molar-refractivity contribution in [1.82, 2.24) is 19.9 Å². The van der Waals surface area contributed by atoms with Crippen LogP contribution in [0.15, 0.2) is 48.5 Å². The zero-order valence-electron chi connectivity index (χ0n) is 13.4. The van der Waals surface area contributed by atoms with Crippen LogP contribution in [0.25, 0.3) is 44.3 Å². The highest BCUT2D eigenvalue weighted by Crippen LogP contribution is 2.35. The molecule has 2 N–H and O–H groups in total. The number of nitrogens with one attached hydrogen (secondary N) is 2. The number of fused-ring (bicyclic) bond motifs is 8. The fourth-order valence-corrected chi connectivity index (χ4v) is 3.40. The smallest absolute Gasteiger partial charge is 0.0871 e. The molecule has 0 spiro atoms. The van der Waals surface area contributed by atoms with Gasteiger partial charge in [0, 0.05) is 22.1 Å². The summed E-state index contributed by atoms with van der Waals surface area (Å²) in [4.78, 5) is 15.8. The van der Waals surface area contributed by atoms with E-state index < -0.39 is 0 Å². The maximum Gasteiger partial charge on any atom is 0.0871 e. The van der Waals surface area contributed by atoms with E-state index in [0.717, 1.165) is 33.5 Å². The quantitative estimate of drug-likeness (QED) is 0.406. The van der Waals surface area contributed by atoms with Crippen LogP contribution < -0.4 is 0 Å². The minimum atomic E-state index is 0.433. The molecule has 5 heterocycles. The van der Waals surface area contributed by atoms with Crippen molar-refractivity contribution in [3.8, 4) is 0 Å². The molecule has 3 aromatic rings. The van der Waals surface area contributed by atoms with Gasteiger partial charge in [-0.1, -0.05) is 23.2 Å². The third kappa shape index (κ3) is 2.73. The highest BCUT2D eigenvalue weighted by molar-refractivity contribution is 6.65. The summed E-state index contributed by atoms with van der Waals surface area (Å²) >= 11 is 12.7. The molecule has 0 saturated heterocycles. The van der Waals surface area contributed by atoms with Gasteiger partial charge in [0.1, 0.15) is 0 Å². The summed E-state index contributed by atoms with van der Waals surface area (Å²) in [6.45, 7) is 0. The molecule has 2 aliphatic rings. The number of halogens is 2. The minimum absolute atomic E-state index is 0.433. The molecule has 0 radical (unpaired) electrons. The predicted octanol–water partition coefficient (Wildman–Crippen LogP) is 5.79. The van der Waals surface area contributed by atoms with E-state index in [4.69, 9.17) is 23.2 Å². The molecule has 3 aromatic heterocycles. The highest BCUT2D eigenvalue weighted by Gasteiger charge is 2.16. The Bertz CT molecular complexity index is 1260. The van der Waals surface area contributed by atoms with Gasteiger partial charge in [-0.3, -0.25) is 0 Å². The third-order valence-corrected chi connectivity index (χ3v) is 5.08. The fourth-order valence-electron chi connectivity index (χ4n) is 3.01. The molecule has 126 valence electrons. The zero-order valence-corrected chi connectivity index (χ0v) is 14.9. The van der Waals surface area contributed by atoms with Crippen LogP contribution >= 0.6 is 23.2 Å². The molecular formula is C20H12Cl2N4. The summed E-state index contributed by atoms with van der Waals surface area (Å²) < 4.78 is 0. The number of H-pyrrole nitrogens is 2. The molecule has 6 heteroatoms. The van der Waals surface area contributed by atoms with E-state index in [0.29, 0.717) is 21.5 Å². The number of rotatable bonds is 0. The van der Waals surface area contributed by atoms with E-state index in [9.17, 15) is 0 Å². The first-order valence-electron chi connectivity index (χ1n) is 8.06. The lowest BCUT2D eigenvalue weighted by Gasteiger charge is -1.89. The fraction of sp³-hybridized carbons (Fsp3) is 0. The van der Waals surface area contributed by atoms with Crippen LogP contribution in [0, 0.1) is 0 Å². The van der Waals surface area contributed by atoms with E-state index in [2.05, 4.69) is 19.9 Å². The Kier molecular flexibility index (Phi) is 3.48. The van der Waals surface area contributed by atoms with Crippen molar-refractivity contribution in [1.29, 1.82) is 0 Å². The second-order valence-electron chi connectivity index (χ2n) is 6.12. The van der Waals surface area contributed by atoms with Crippen LogP contribution in [0.3, 0.4) is 0 Å². The Morgan fingerprint density at radius 2 is 1.08 bits per heavy atom. The van der Waals surface area contributed by atoms with Crippen molar-refractivity contribution in [3.05, 3.63) is 71.3 Å². The number of hydrogen-bond acceptors (Lipinski definition) is 2. The summed E-state index contributed by atoms with van der Waals surface area (Å²) in [7, 11) is 0. The van der Waals surface area contributed by atoms with Crippen LogP contribution in [-0.4, -0.2) is 19.9 Å². The van der Waals surface area contributed by atoms with Crippen LogP contribution in [0.1, 0.15) is 22.8 Å². The van der Waals surface area contributed by atoms with Gasteiger partial charge in [0.2, 0.25) is 0 Å². The van der Waals surface area contributed by atoms with Gasteiger partial charge in [-0.25, -0.2) is 9.97 Å². The second-order valence-corrected chi connectivity index (χ2v) is 6.88.